The van der Waals surface area contributed by atoms with Crippen LogP contribution in [0.5, 0.6) is 0 Å². The highest BCUT2D eigenvalue weighted by Gasteiger charge is 2.18. The molecule has 0 radical (unpaired) electrons. The second kappa shape index (κ2) is 8.64. The van der Waals surface area contributed by atoms with Gasteiger partial charge in [-0.1, -0.05) is 0 Å². The number of rotatable bonds is 8. The molecule has 0 heterocycles. The third-order valence-corrected chi connectivity index (χ3v) is 1.96. The molecule has 0 aliphatic heterocycles. The summed E-state index contributed by atoms with van der Waals surface area (Å²) in [6.45, 7) is 0. The molecule has 0 aromatic heterocycles. The molecule has 0 spiro atoms. The van der Waals surface area contributed by atoms with Gasteiger partial charge in [0.1, 0.15) is 0 Å². The second-order valence-corrected chi connectivity index (χ2v) is 3.49. The van der Waals surface area contributed by atoms with Gasteiger partial charge in [-0.05, 0) is 11.1 Å². The van der Waals surface area contributed by atoms with E-state index in [0.29, 0.717) is 0 Å². The Kier molecular flexibility index (Phi) is 8.61. The lowest BCUT2D eigenvalue weighted by Crippen LogP contribution is -2.11. The van der Waals surface area contributed by atoms with Crippen LogP contribution in [0, 0.1) is 0 Å². The van der Waals surface area contributed by atoms with Gasteiger partial charge >= 0.3 is 23.9 Å². The molecule has 7 N–H and O–H groups in total. The van der Waals surface area contributed by atoms with Crippen LogP contribution in [0.2, 0.25) is 0 Å². The summed E-state index contributed by atoms with van der Waals surface area (Å²) in [4.78, 5) is 42.2. The van der Waals surface area contributed by atoms with E-state index in [9.17, 15) is 19.2 Å². The van der Waals surface area contributed by atoms with Crippen molar-refractivity contribution in [2.24, 2.45) is 0 Å². The molecule has 0 fully saturated rings. The molecule has 108 valence electrons. The van der Waals surface area contributed by atoms with E-state index in [4.69, 9.17) is 20.4 Å². The quantitative estimate of drug-likeness (QED) is 0.390. The molecular weight excluding hydrogens is 262 g/mol. The first-order valence-electron chi connectivity index (χ1n) is 4.79. The van der Waals surface area contributed by atoms with Gasteiger partial charge in [0.25, 0.3) is 0 Å². The van der Waals surface area contributed by atoms with Crippen molar-refractivity contribution < 1.29 is 39.6 Å². The van der Waals surface area contributed by atoms with Crippen LogP contribution in [0.1, 0.15) is 25.7 Å². The maximum absolute atomic E-state index is 10.5. The Morgan fingerprint density at radius 2 is 0.684 bits per heavy atom. The minimum atomic E-state index is -1.35. The first-order chi connectivity index (χ1) is 8.22. The predicted molar refractivity (Wildman–Crippen MR) is 61.1 cm³/mol. The van der Waals surface area contributed by atoms with Crippen LogP contribution in [0.3, 0.4) is 0 Å². The van der Waals surface area contributed by atoms with Gasteiger partial charge in [-0.25, -0.2) is 0 Å². The Labute approximate surface area is 107 Å². The van der Waals surface area contributed by atoms with Crippen LogP contribution in [0.25, 0.3) is 0 Å². The summed E-state index contributed by atoms with van der Waals surface area (Å²) in [5.74, 6) is -5.39. The van der Waals surface area contributed by atoms with E-state index < -0.39 is 49.6 Å². The Hall–Kier alpha value is -2.42. The highest BCUT2D eigenvalue weighted by atomic mass is 16.4. The van der Waals surface area contributed by atoms with Gasteiger partial charge in [0.05, 0.1) is 25.7 Å². The molecule has 9 heteroatoms. The second-order valence-electron chi connectivity index (χ2n) is 3.49. The molecule has 0 atom stereocenters. The minimum absolute atomic E-state index is 0. The summed E-state index contributed by atoms with van der Waals surface area (Å²) in [6.07, 6.45) is -2.77. The molecule has 0 saturated carbocycles. The topological polar surface area (TPSA) is 184 Å². The highest BCUT2D eigenvalue weighted by Crippen LogP contribution is 2.20. The predicted octanol–water partition coefficient (Wildman–Crippen LogP) is 0.344. The Morgan fingerprint density at radius 1 is 0.526 bits per heavy atom. The van der Waals surface area contributed by atoms with Crippen molar-refractivity contribution in [2.45, 2.75) is 25.7 Å². The van der Waals surface area contributed by atoms with Crippen molar-refractivity contribution in [3.8, 4) is 0 Å². The van der Waals surface area contributed by atoms with Gasteiger partial charge in [-0.3, -0.25) is 19.2 Å². The monoisotopic (exact) mass is 277 g/mol. The maximum Gasteiger partial charge on any atom is 0.307 e. The van der Waals surface area contributed by atoms with Crippen LogP contribution in [-0.2, 0) is 19.2 Å². The third-order valence-electron chi connectivity index (χ3n) is 1.96. The lowest BCUT2D eigenvalue weighted by Gasteiger charge is -2.09. The first-order valence-corrected chi connectivity index (χ1v) is 4.79. The van der Waals surface area contributed by atoms with Crippen molar-refractivity contribution in [1.29, 1.82) is 0 Å². The Bertz CT molecular complexity index is 338. The number of carboxylic acids is 4. The molecule has 9 nitrogen and oxygen atoms in total. The average molecular weight is 277 g/mol. The largest absolute Gasteiger partial charge is 0.481 e. The van der Waals surface area contributed by atoms with Gasteiger partial charge in [-0.2, -0.15) is 0 Å². The summed E-state index contributed by atoms with van der Waals surface area (Å²) < 4.78 is 0. The average Bonchev–Trinajstić information content (AvgIpc) is 2.12. The standard InChI is InChI=1S/C10H12O8.H3N/c11-7(12)1-5(2-8(13)14)6(3-9(15)16)4-10(17)18;/h1-4H2,(H,11,12)(H,13,14)(H,15,16)(H,17,18);1H3. The maximum atomic E-state index is 10.5. The molecule has 0 aliphatic rings. The smallest absolute Gasteiger partial charge is 0.307 e. The molecule has 0 aromatic rings. The van der Waals surface area contributed by atoms with Gasteiger partial charge in [-0.15, -0.1) is 0 Å². The van der Waals surface area contributed by atoms with Crippen molar-refractivity contribution in [3.63, 3.8) is 0 Å². The zero-order valence-corrected chi connectivity index (χ0v) is 9.96. The minimum Gasteiger partial charge on any atom is -0.481 e. The number of hydrogen-bond donors (Lipinski definition) is 5. The molecular formula is C10H15NO8. The van der Waals surface area contributed by atoms with Crippen molar-refractivity contribution in [2.75, 3.05) is 0 Å². The van der Waals surface area contributed by atoms with Crippen LogP contribution < -0.4 is 6.15 Å². The molecule has 0 saturated heterocycles. The summed E-state index contributed by atoms with van der Waals surface area (Å²) in [5.41, 5.74) is -0.389. The molecule has 0 unspecified atom stereocenters. The third kappa shape index (κ3) is 9.30. The zero-order valence-electron chi connectivity index (χ0n) is 9.96. The Balaban J connectivity index is 0. The van der Waals surface area contributed by atoms with E-state index in [-0.39, 0.29) is 17.3 Å². The SMILES string of the molecule is N.O=C(O)CC(CC(=O)O)=C(CC(=O)O)CC(=O)O. The molecule has 0 aliphatic carbocycles. The van der Waals surface area contributed by atoms with Crippen LogP contribution in [0.15, 0.2) is 11.1 Å². The normalized spacial score (nSPS) is 9.05. The highest BCUT2D eigenvalue weighted by molar-refractivity contribution is 5.80. The fraction of sp³-hybridized carbons (Fsp3) is 0.400. The van der Waals surface area contributed by atoms with Gasteiger partial charge in [0.15, 0.2) is 0 Å². The van der Waals surface area contributed by atoms with Gasteiger partial charge in [0.2, 0.25) is 0 Å². The molecule has 0 rings (SSSR count). The van der Waals surface area contributed by atoms with Gasteiger partial charge < -0.3 is 26.6 Å². The zero-order chi connectivity index (χ0) is 14.3. The van der Waals surface area contributed by atoms with Crippen molar-refractivity contribution in [3.05, 3.63) is 11.1 Å². The van der Waals surface area contributed by atoms with Crippen molar-refractivity contribution >= 4 is 23.9 Å². The fourth-order valence-electron chi connectivity index (χ4n) is 1.36. The lowest BCUT2D eigenvalue weighted by atomic mass is 9.96. The summed E-state index contributed by atoms with van der Waals surface area (Å²) in [6, 6.07) is 0. The molecule has 0 bridgehead atoms. The van der Waals surface area contributed by atoms with Crippen molar-refractivity contribution in [1.82, 2.24) is 6.15 Å². The summed E-state index contributed by atoms with van der Waals surface area (Å²) >= 11 is 0. The summed E-state index contributed by atoms with van der Waals surface area (Å²) in [5, 5.41) is 34.4. The number of carbonyl (C=O) groups is 4. The van der Waals surface area contributed by atoms with Crippen LogP contribution in [-0.4, -0.2) is 44.3 Å². The van der Waals surface area contributed by atoms with E-state index in [0.717, 1.165) is 0 Å². The fourth-order valence-corrected chi connectivity index (χ4v) is 1.36. The number of aliphatic carboxylic acids is 4. The summed E-state index contributed by atoms with van der Waals surface area (Å²) in [7, 11) is 0. The molecule has 19 heavy (non-hydrogen) atoms. The first kappa shape index (κ1) is 18.9. The van der Waals surface area contributed by atoms with E-state index in [1.807, 2.05) is 0 Å². The van der Waals surface area contributed by atoms with Crippen LogP contribution >= 0.6 is 0 Å². The number of hydrogen-bond acceptors (Lipinski definition) is 5. The van der Waals surface area contributed by atoms with Gasteiger partial charge in [0, 0.05) is 0 Å². The number of carboxylic acid groups (broad SMARTS) is 4. The van der Waals surface area contributed by atoms with E-state index in [1.54, 1.807) is 0 Å². The Morgan fingerprint density at radius 3 is 0.789 bits per heavy atom. The van der Waals surface area contributed by atoms with Crippen LogP contribution in [0.4, 0.5) is 0 Å². The van der Waals surface area contributed by atoms with E-state index in [2.05, 4.69) is 0 Å². The van der Waals surface area contributed by atoms with E-state index in [1.165, 1.54) is 0 Å². The van der Waals surface area contributed by atoms with E-state index >= 15 is 0 Å². The molecule has 0 aromatic carbocycles. The lowest BCUT2D eigenvalue weighted by molar-refractivity contribution is -0.139. The molecule has 0 amide bonds.